The second kappa shape index (κ2) is 6.62. The summed E-state index contributed by atoms with van der Waals surface area (Å²) in [6, 6.07) is 6.91. The SMILES string of the molecule is CCCCN(C)/N=N/c1ccccc1C(N)=O. The van der Waals surface area contributed by atoms with Gasteiger partial charge in [0.2, 0.25) is 0 Å². The zero-order valence-electron chi connectivity index (χ0n) is 10.3. The van der Waals surface area contributed by atoms with Gasteiger partial charge in [0.05, 0.1) is 5.56 Å². The number of rotatable bonds is 6. The Morgan fingerprint density at radius 2 is 2.12 bits per heavy atom. The molecule has 0 aliphatic rings. The summed E-state index contributed by atoms with van der Waals surface area (Å²) in [5.41, 5.74) is 6.14. The zero-order chi connectivity index (χ0) is 12.7. The Kier molecular flexibility index (Phi) is 5.13. The second-order valence-corrected chi connectivity index (χ2v) is 3.81. The van der Waals surface area contributed by atoms with Crippen LogP contribution in [-0.4, -0.2) is 24.5 Å². The van der Waals surface area contributed by atoms with Crippen molar-refractivity contribution in [1.82, 2.24) is 5.01 Å². The van der Waals surface area contributed by atoms with Gasteiger partial charge in [-0.15, -0.1) is 5.11 Å². The lowest BCUT2D eigenvalue weighted by molar-refractivity contribution is 0.100. The van der Waals surface area contributed by atoms with E-state index in [1.54, 1.807) is 29.3 Å². The topological polar surface area (TPSA) is 71.1 Å². The molecule has 5 nitrogen and oxygen atoms in total. The van der Waals surface area contributed by atoms with Gasteiger partial charge in [-0.05, 0) is 18.6 Å². The van der Waals surface area contributed by atoms with E-state index in [1.807, 2.05) is 7.05 Å². The van der Waals surface area contributed by atoms with Crippen molar-refractivity contribution in [3.05, 3.63) is 29.8 Å². The average Bonchev–Trinajstić information content (AvgIpc) is 2.34. The van der Waals surface area contributed by atoms with Gasteiger partial charge in [0.25, 0.3) is 5.91 Å². The normalized spacial score (nSPS) is 10.7. The predicted octanol–water partition coefficient (Wildman–Crippen LogP) is 2.52. The van der Waals surface area contributed by atoms with E-state index in [4.69, 9.17) is 5.73 Å². The fraction of sp³-hybridized carbons (Fsp3) is 0.417. The lowest BCUT2D eigenvalue weighted by Gasteiger charge is -2.09. The largest absolute Gasteiger partial charge is 0.366 e. The van der Waals surface area contributed by atoms with E-state index in [1.165, 1.54) is 0 Å². The first-order chi connectivity index (χ1) is 8.15. The van der Waals surface area contributed by atoms with E-state index in [0.717, 1.165) is 19.4 Å². The molecular formula is C12H18N4O. The molecule has 17 heavy (non-hydrogen) atoms. The van der Waals surface area contributed by atoms with Crippen LogP contribution in [0.2, 0.25) is 0 Å². The van der Waals surface area contributed by atoms with Gasteiger partial charge in [-0.1, -0.05) is 30.7 Å². The molecule has 0 unspecified atom stereocenters. The van der Waals surface area contributed by atoms with Crippen LogP contribution >= 0.6 is 0 Å². The van der Waals surface area contributed by atoms with Gasteiger partial charge >= 0.3 is 0 Å². The molecule has 0 heterocycles. The third kappa shape index (κ3) is 4.22. The van der Waals surface area contributed by atoms with Gasteiger partial charge in [-0.3, -0.25) is 9.80 Å². The van der Waals surface area contributed by atoms with Crippen LogP contribution < -0.4 is 5.73 Å². The summed E-state index contributed by atoms with van der Waals surface area (Å²) >= 11 is 0. The van der Waals surface area contributed by atoms with E-state index in [9.17, 15) is 4.79 Å². The Bertz CT molecular complexity index is 403. The van der Waals surface area contributed by atoms with Crippen LogP contribution in [-0.2, 0) is 0 Å². The Morgan fingerprint density at radius 1 is 1.41 bits per heavy atom. The van der Waals surface area contributed by atoms with Crippen LogP contribution in [0, 0.1) is 0 Å². The van der Waals surface area contributed by atoms with Crippen LogP contribution in [0.1, 0.15) is 30.1 Å². The van der Waals surface area contributed by atoms with Gasteiger partial charge in [0, 0.05) is 13.6 Å². The molecule has 0 saturated heterocycles. The fourth-order valence-electron chi connectivity index (χ4n) is 1.33. The first kappa shape index (κ1) is 13.2. The molecule has 1 aromatic carbocycles. The van der Waals surface area contributed by atoms with Crippen LogP contribution in [0.4, 0.5) is 5.69 Å². The van der Waals surface area contributed by atoms with Gasteiger partial charge in [0.1, 0.15) is 5.69 Å². The lowest BCUT2D eigenvalue weighted by atomic mass is 10.2. The van der Waals surface area contributed by atoms with Gasteiger partial charge in [0.15, 0.2) is 0 Å². The molecule has 0 fully saturated rings. The standard InChI is InChI=1S/C12H18N4O/c1-3-4-9-16(2)15-14-11-8-6-5-7-10(11)12(13)17/h5-8H,3-4,9H2,1-2H3,(H2,13,17)/b15-14+. The van der Waals surface area contributed by atoms with Crippen molar-refractivity contribution < 1.29 is 4.79 Å². The number of benzene rings is 1. The van der Waals surface area contributed by atoms with Crippen LogP contribution in [0.5, 0.6) is 0 Å². The molecule has 0 saturated carbocycles. The fourth-order valence-corrected chi connectivity index (χ4v) is 1.33. The van der Waals surface area contributed by atoms with Crippen LogP contribution in [0.3, 0.4) is 0 Å². The minimum atomic E-state index is -0.490. The summed E-state index contributed by atoms with van der Waals surface area (Å²) in [7, 11) is 1.85. The molecule has 1 aromatic rings. The number of primary amides is 1. The highest BCUT2D eigenvalue weighted by atomic mass is 16.1. The summed E-state index contributed by atoms with van der Waals surface area (Å²) in [4.78, 5) is 11.1. The van der Waals surface area contributed by atoms with Gasteiger partial charge in [-0.25, -0.2) is 0 Å². The molecule has 1 rings (SSSR count). The van der Waals surface area contributed by atoms with Crippen molar-refractivity contribution >= 4 is 11.6 Å². The molecule has 0 aliphatic heterocycles. The van der Waals surface area contributed by atoms with Gasteiger partial charge in [-0.2, -0.15) is 0 Å². The highest BCUT2D eigenvalue weighted by Gasteiger charge is 2.05. The summed E-state index contributed by atoms with van der Waals surface area (Å²) in [6.45, 7) is 2.96. The van der Waals surface area contributed by atoms with Crippen molar-refractivity contribution in [2.45, 2.75) is 19.8 Å². The average molecular weight is 234 g/mol. The number of unbranched alkanes of at least 4 members (excludes halogenated alkanes) is 1. The highest BCUT2D eigenvalue weighted by molar-refractivity contribution is 5.97. The smallest absolute Gasteiger partial charge is 0.250 e. The number of nitrogens with zero attached hydrogens (tertiary/aromatic N) is 3. The number of amides is 1. The molecule has 0 aromatic heterocycles. The molecule has 5 heteroatoms. The Balaban J connectivity index is 2.73. The number of hydrogen-bond donors (Lipinski definition) is 1. The first-order valence-electron chi connectivity index (χ1n) is 5.66. The summed E-state index contributed by atoms with van der Waals surface area (Å²) in [5.74, 6) is -0.490. The molecule has 0 atom stereocenters. The maximum atomic E-state index is 11.1. The van der Waals surface area contributed by atoms with E-state index < -0.39 is 5.91 Å². The predicted molar refractivity (Wildman–Crippen MR) is 67.0 cm³/mol. The summed E-state index contributed by atoms with van der Waals surface area (Å²) in [6.07, 6.45) is 2.17. The van der Waals surface area contributed by atoms with E-state index >= 15 is 0 Å². The summed E-state index contributed by atoms with van der Waals surface area (Å²) < 4.78 is 0. The second-order valence-electron chi connectivity index (χ2n) is 3.81. The third-order valence-electron chi connectivity index (χ3n) is 2.31. The van der Waals surface area contributed by atoms with E-state index in [0.29, 0.717) is 11.3 Å². The highest BCUT2D eigenvalue weighted by Crippen LogP contribution is 2.18. The Morgan fingerprint density at radius 3 is 2.76 bits per heavy atom. The monoisotopic (exact) mass is 234 g/mol. The zero-order valence-corrected chi connectivity index (χ0v) is 10.3. The van der Waals surface area contributed by atoms with Gasteiger partial charge < -0.3 is 5.73 Å². The van der Waals surface area contributed by atoms with Crippen molar-refractivity contribution in [2.24, 2.45) is 16.1 Å². The van der Waals surface area contributed by atoms with Crippen LogP contribution in [0.25, 0.3) is 0 Å². The Hall–Kier alpha value is -1.91. The third-order valence-corrected chi connectivity index (χ3v) is 2.31. The van der Waals surface area contributed by atoms with E-state index in [-0.39, 0.29) is 0 Å². The number of carbonyl (C=O) groups excluding carboxylic acids is 1. The molecule has 92 valence electrons. The number of nitrogens with two attached hydrogens (primary N) is 1. The molecule has 2 N–H and O–H groups in total. The van der Waals surface area contributed by atoms with Crippen molar-refractivity contribution in [2.75, 3.05) is 13.6 Å². The van der Waals surface area contributed by atoms with Crippen molar-refractivity contribution in [3.8, 4) is 0 Å². The minimum Gasteiger partial charge on any atom is -0.366 e. The number of carbonyl (C=O) groups is 1. The Labute approximate surface area is 101 Å². The molecular weight excluding hydrogens is 216 g/mol. The molecule has 0 aliphatic carbocycles. The first-order valence-corrected chi connectivity index (χ1v) is 5.66. The number of hydrogen-bond acceptors (Lipinski definition) is 3. The van der Waals surface area contributed by atoms with Crippen molar-refractivity contribution in [1.29, 1.82) is 0 Å². The molecule has 0 bridgehead atoms. The molecule has 0 radical (unpaired) electrons. The summed E-state index contributed by atoms with van der Waals surface area (Å²) in [5, 5.41) is 9.81. The van der Waals surface area contributed by atoms with E-state index in [2.05, 4.69) is 17.3 Å². The maximum absolute atomic E-state index is 11.1. The lowest BCUT2D eigenvalue weighted by Crippen LogP contribution is -2.12. The molecule has 1 amide bonds. The van der Waals surface area contributed by atoms with Crippen LogP contribution in [0.15, 0.2) is 34.6 Å². The quantitative estimate of drug-likeness (QED) is 0.606. The maximum Gasteiger partial charge on any atom is 0.250 e. The minimum absolute atomic E-state index is 0.389. The van der Waals surface area contributed by atoms with Crippen molar-refractivity contribution in [3.63, 3.8) is 0 Å². The molecule has 0 spiro atoms.